The summed E-state index contributed by atoms with van der Waals surface area (Å²) in [6, 6.07) is 0. The lowest BCUT2D eigenvalue weighted by Crippen LogP contribution is -2.52. The molecule has 1 aliphatic heterocycles. The third-order valence-electron chi connectivity index (χ3n) is 3.45. The summed E-state index contributed by atoms with van der Waals surface area (Å²) >= 11 is 0. The van der Waals surface area contributed by atoms with Gasteiger partial charge in [0, 0.05) is 11.8 Å². The molecule has 20 heavy (non-hydrogen) atoms. The van der Waals surface area contributed by atoms with Crippen LogP contribution in [0.5, 0.6) is 0 Å². The maximum absolute atomic E-state index is 11.9. The van der Waals surface area contributed by atoms with Crippen LogP contribution in [0.15, 0.2) is 12.8 Å². The maximum Gasteiger partial charge on any atom is 0.398 e. The maximum atomic E-state index is 11.9. The Kier molecular flexibility index (Phi) is 6.93. The molecule has 0 aromatic rings. The zero-order chi connectivity index (χ0) is 15.1. The first-order valence-corrected chi connectivity index (χ1v) is 7.52. The van der Waals surface area contributed by atoms with Crippen molar-refractivity contribution in [2.75, 3.05) is 13.2 Å². The van der Waals surface area contributed by atoms with E-state index in [1.165, 1.54) is 12.0 Å². The molecular formula is C16H28NO3+. The standard InChI is InChI=1S/C16H28NO3/c1-6-19-9-7-8-10-20-15-11-14(18)17(15)16(12(2)3)13(4)5/h6,12-13,15H,1,7-11H2,2-5H3/q+1. The fourth-order valence-electron chi connectivity index (χ4n) is 2.64. The van der Waals surface area contributed by atoms with Gasteiger partial charge in [-0.25, -0.2) is 4.79 Å². The summed E-state index contributed by atoms with van der Waals surface area (Å²) in [5, 5.41) is 0. The number of amides is 1. The van der Waals surface area contributed by atoms with E-state index < -0.39 is 0 Å². The summed E-state index contributed by atoms with van der Waals surface area (Å²) in [4.78, 5) is 11.9. The summed E-state index contributed by atoms with van der Waals surface area (Å²) in [5.74, 6) is 0.917. The molecule has 1 atom stereocenters. The van der Waals surface area contributed by atoms with Crippen LogP contribution in [0, 0.1) is 11.8 Å². The summed E-state index contributed by atoms with van der Waals surface area (Å²) < 4.78 is 12.7. The van der Waals surface area contributed by atoms with Crippen molar-refractivity contribution in [3.63, 3.8) is 0 Å². The Morgan fingerprint density at radius 3 is 2.40 bits per heavy atom. The van der Waals surface area contributed by atoms with Crippen LogP contribution < -0.4 is 0 Å². The van der Waals surface area contributed by atoms with E-state index in [-0.39, 0.29) is 12.1 Å². The Morgan fingerprint density at radius 2 is 1.90 bits per heavy atom. The van der Waals surface area contributed by atoms with E-state index in [9.17, 15) is 4.79 Å². The number of unbranched alkanes of at least 4 members (excludes halogenated alkanes) is 1. The van der Waals surface area contributed by atoms with Gasteiger partial charge in [-0.3, -0.25) is 0 Å². The number of nitrogens with zero attached hydrogens (tertiary/aromatic N) is 1. The molecule has 1 unspecified atom stereocenters. The summed E-state index contributed by atoms with van der Waals surface area (Å²) in [6.45, 7) is 13.4. The highest BCUT2D eigenvalue weighted by atomic mass is 16.5. The number of hydrogen-bond acceptors (Lipinski definition) is 3. The van der Waals surface area contributed by atoms with Gasteiger partial charge >= 0.3 is 5.91 Å². The number of ether oxygens (including phenoxy) is 2. The number of carbonyl (C=O) groups is 1. The molecule has 4 nitrogen and oxygen atoms in total. The molecule has 0 saturated carbocycles. The van der Waals surface area contributed by atoms with Crippen molar-refractivity contribution < 1.29 is 18.8 Å². The molecule has 4 heteroatoms. The van der Waals surface area contributed by atoms with Crippen molar-refractivity contribution in [3.05, 3.63) is 12.8 Å². The Morgan fingerprint density at radius 1 is 1.30 bits per heavy atom. The minimum Gasteiger partial charge on any atom is -0.502 e. The molecule has 0 spiro atoms. The first-order chi connectivity index (χ1) is 9.49. The fraction of sp³-hybridized carbons (Fsp3) is 0.750. The highest BCUT2D eigenvalue weighted by Gasteiger charge is 2.47. The van der Waals surface area contributed by atoms with Gasteiger partial charge < -0.3 is 9.47 Å². The van der Waals surface area contributed by atoms with Crippen molar-refractivity contribution in [2.24, 2.45) is 11.8 Å². The fourth-order valence-corrected chi connectivity index (χ4v) is 2.64. The Labute approximate surface area is 122 Å². The lowest BCUT2D eigenvalue weighted by Gasteiger charge is -2.26. The van der Waals surface area contributed by atoms with Gasteiger partial charge in [0.1, 0.15) is 0 Å². The van der Waals surface area contributed by atoms with E-state index in [1.807, 2.05) is 4.58 Å². The van der Waals surface area contributed by atoms with Gasteiger partial charge in [-0.05, 0) is 12.8 Å². The third kappa shape index (κ3) is 4.44. The second-order valence-corrected chi connectivity index (χ2v) is 5.77. The van der Waals surface area contributed by atoms with E-state index in [0.717, 1.165) is 12.8 Å². The Balaban J connectivity index is 2.49. The Bertz CT molecular complexity index is 362. The number of hydrogen-bond donors (Lipinski definition) is 0. The van der Waals surface area contributed by atoms with Crippen molar-refractivity contribution in [1.29, 1.82) is 0 Å². The monoisotopic (exact) mass is 282 g/mol. The second kappa shape index (κ2) is 8.20. The van der Waals surface area contributed by atoms with E-state index in [1.54, 1.807) is 0 Å². The summed E-state index contributed by atoms with van der Waals surface area (Å²) in [5.41, 5.74) is 1.18. The largest absolute Gasteiger partial charge is 0.502 e. The quantitative estimate of drug-likeness (QED) is 0.282. The molecule has 0 radical (unpaired) electrons. The normalized spacial score (nSPS) is 18.4. The van der Waals surface area contributed by atoms with E-state index in [2.05, 4.69) is 34.3 Å². The molecule has 0 N–H and O–H groups in total. The lowest BCUT2D eigenvalue weighted by molar-refractivity contribution is -0.587. The van der Waals surface area contributed by atoms with Crippen LogP contribution in [0.4, 0.5) is 0 Å². The first-order valence-electron chi connectivity index (χ1n) is 7.52. The van der Waals surface area contributed by atoms with Crippen LogP contribution in [0.3, 0.4) is 0 Å². The SMILES string of the molecule is C=COCCCCOC1CC(=O)[N+]1=C(C(C)C)C(C)C. The number of β-lactam (4-membered cyclic amide) rings is 1. The smallest absolute Gasteiger partial charge is 0.398 e. The average molecular weight is 282 g/mol. The molecule has 0 bridgehead atoms. The molecule has 1 heterocycles. The van der Waals surface area contributed by atoms with Crippen LogP contribution in [0.1, 0.15) is 47.0 Å². The van der Waals surface area contributed by atoms with Crippen molar-refractivity contribution in [1.82, 2.24) is 0 Å². The zero-order valence-electron chi connectivity index (χ0n) is 13.2. The summed E-state index contributed by atoms with van der Waals surface area (Å²) in [7, 11) is 0. The highest BCUT2D eigenvalue weighted by Crippen LogP contribution is 2.21. The van der Waals surface area contributed by atoms with Gasteiger partial charge in [0.05, 0.1) is 19.5 Å². The van der Waals surface area contributed by atoms with Crippen molar-refractivity contribution in [2.45, 2.75) is 53.2 Å². The van der Waals surface area contributed by atoms with Crippen LogP contribution in [0.25, 0.3) is 0 Å². The van der Waals surface area contributed by atoms with Crippen molar-refractivity contribution >= 4 is 11.6 Å². The molecule has 1 saturated heterocycles. The molecule has 0 aromatic carbocycles. The molecule has 1 aliphatic rings. The average Bonchev–Trinajstić information content (AvgIpc) is 2.37. The third-order valence-corrected chi connectivity index (χ3v) is 3.45. The van der Waals surface area contributed by atoms with Gasteiger partial charge in [0.2, 0.25) is 0 Å². The molecule has 1 amide bonds. The number of carbonyl (C=O) groups excluding carboxylic acids is 1. The number of rotatable bonds is 9. The molecule has 0 aromatic heterocycles. The topological polar surface area (TPSA) is 38.5 Å². The minimum absolute atomic E-state index is 0.0670. The van der Waals surface area contributed by atoms with E-state index >= 15 is 0 Å². The molecule has 114 valence electrons. The van der Waals surface area contributed by atoms with Crippen LogP contribution >= 0.6 is 0 Å². The van der Waals surface area contributed by atoms with Crippen molar-refractivity contribution in [3.8, 4) is 0 Å². The van der Waals surface area contributed by atoms with Crippen LogP contribution in [0.2, 0.25) is 0 Å². The van der Waals surface area contributed by atoms with Gasteiger partial charge in [0.15, 0.2) is 12.1 Å². The molecular weight excluding hydrogens is 254 g/mol. The molecule has 1 fully saturated rings. The highest BCUT2D eigenvalue weighted by molar-refractivity contribution is 5.90. The Hall–Kier alpha value is -1.16. The predicted octanol–water partition coefficient (Wildman–Crippen LogP) is 2.97. The zero-order valence-corrected chi connectivity index (χ0v) is 13.2. The summed E-state index contributed by atoms with van der Waals surface area (Å²) in [6.07, 6.45) is 3.77. The van der Waals surface area contributed by atoms with Crippen LogP contribution in [-0.2, 0) is 14.3 Å². The van der Waals surface area contributed by atoms with Gasteiger partial charge in [-0.2, -0.15) is 0 Å². The van der Waals surface area contributed by atoms with Gasteiger partial charge in [-0.15, -0.1) is 4.58 Å². The van der Waals surface area contributed by atoms with Gasteiger partial charge in [0.25, 0.3) is 6.23 Å². The molecule has 1 rings (SSSR count). The van der Waals surface area contributed by atoms with Crippen LogP contribution in [-0.4, -0.2) is 35.6 Å². The van der Waals surface area contributed by atoms with E-state index in [0.29, 0.717) is 31.5 Å². The minimum atomic E-state index is -0.0670. The lowest BCUT2D eigenvalue weighted by atomic mass is 9.94. The predicted molar refractivity (Wildman–Crippen MR) is 79.7 cm³/mol. The first kappa shape index (κ1) is 16.9. The molecule has 0 aliphatic carbocycles. The van der Waals surface area contributed by atoms with E-state index in [4.69, 9.17) is 9.47 Å². The van der Waals surface area contributed by atoms with Gasteiger partial charge in [-0.1, -0.05) is 34.3 Å². The second-order valence-electron chi connectivity index (χ2n) is 5.77.